The lowest BCUT2D eigenvalue weighted by atomic mass is 10.0. The number of hydrogen-bond acceptors (Lipinski definition) is 4. The van der Waals surface area contributed by atoms with E-state index in [0.717, 1.165) is 49.6 Å². The Balaban J connectivity index is 1.32. The molecule has 2 aromatic rings. The van der Waals surface area contributed by atoms with Gasteiger partial charge < -0.3 is 19.9 Å². The second-order valence-corrected chi connectivity index (χ2v) is 7.51. The molecule has 1 fully saturated rings. The quantitative estimate of drug-likeness (QED) is 0.849. The summed E-state index contributed by atoms with van der Waals surface area (Å²) < 4.78 is 5.45. The summed E-state index contributed by atoms with van der Waals surface area (Å²) in [5, 5.41) is 2.93. The average molecular weight is 393 g/mol. The van der Waals surface area contributed by atoms with Gasteiger partial charge in [-0.05, 0) is 54.8 Å². The van der Waals surface area contributed by atoms with Gasteiger partial charge in [0.15, 0.2) is 0 Å². The van der Waals surface area contributed by atoms with Gasteiger partial charge in [0.2, 0.25) is 11.8 Å². The standard InChI is InChI=1S/C23H27N3O3/c1-2-29-20-7-3-17(4-8-20)15-23(28)26-13-11-25(12-14-26)19-6-9-21-18(16-19)5-10-22(27)24-21/h3-4,6-9,16H,2,5,10-15H2,1H3,(H,24,27). The lowest BCUT2D eigenvalue weighted by molar-refractivity contribution is -0.130. The summed E-state index contributed by atoms with van der Waals surface area (Å²) in [7, 11) is 0. The van der Waals surface area contributed by atoms with Crippen LogP contribution in [0.5, 0.6) is 5.75 Å². The van der Waals surface area contributed by atoms with E-state index in [1.807, 2.05) is 42.2 Å². The van der Waals surface area contributed by atoms with E-state index < -0.39 is 0 Å². The second-order valence-electron chi connectivity index (χ2n) is 7.51. The van der Waals surface area contributed by atoms with E-state index in [2.05, 4.69) is 22.3 Å². The summed E-state index contributed by atoms with van der Waals surface area (Å²) in [5.74, 6) is 1.09. The molecular formula is C23H27N3O3. The molecule has 0 unspecified atom stereocenters. The number of carbonyl (C=O) groups excluding carboxylic acids is 2. The highest BCUT2D eigenvalue weighted by molar-refractivity contribution is 5.94. The SMILES string of the molecule is CCOc1ccc(CC(=O)N2CCN(c3ccc4c(c3)CCC(=O)N4)CC2)cc1. The fraction of sp³-hybridized carbons (Fsp3) is 0.391. The van der Waals surface area contributed by atoms with E-state index in [1.54, 1.807) is 0 Å². The van der Waals surface area contributed by atoms with Crippen LogP contribution in [0.2, 0.25) is 0 Å². The molecule has 4 rings (SSSR count). The van der Waals surface area contributed by atoms with Crippen LogP contribution in [0.25, 0.3) is 0 Å². The molecule has 2 aliphatic heterocycles. The van der Waals surface area contributed by atoms with E-state index in [9.17, 15) is 9.59 Å². The molecule has 2 heterocycles. The summed E-state index contributed by atoms with van der Waals surface area (Å²) in [4.78, 5) is 28.5. The van der Waals surface area contributed by atoms with Crippen LogP contribution in [-0.4, -0.2) is 49.5 Å². The third-order valence-corrected chi connectivity index (χ3v) is 5.57. The molecule has 2 amide bonds. The molecule has 0 spiro atoms. The molecular weight excluding hydrogens is 366 g/mol. The minimum absolute atomic E-state index is 0.0879. The summed E-state index contributed by atoms with van der Waals surface area (Å²) in [5.41, 5.74) is 4.29. The normalized spacial score (nSPS) is 16.2. The smallest absolute Gasteiger partial charge is 0.227 e. The molecule has 0 bridgehead atoms. The fourth-order valence-electron chi connectivity index (χ4n) is 3.94. The predicted molar refractivity (Wildman–Crippen MR) is 114 cm³/mol. The zero-order valence-corrected chi connectivity index (χ0v) is 16.8. The molecule has 2 aromatic carbocycles. The zero-order valence-electron chi connectivity index (χ0n) is 16.8. The van der Waals surface area contributed by atoms with Crippen LogP contribution in [0.3, 0.4) is 0 Å². The highest BCUT2D eigenvalue weighted by Gasteiger charge is 2.23. The molecule has 1 N–H and O–H groups in total. The van der Waals surface area contributed by atoms with Crippen molar-refractivity contribution in [3.05, 3.63) is 53.6 Å². The number of fused-ring (bicyclic) bond motifs is 1. The van der Waals surface area contributed by atoms with Crippen molar-refractivity contribution in [2.75, 3.05) is 43.0 Å². The second kappa shape index (κ2) is 8.55. The van der Waals surface area contributed by atoms with Crippen molar-refractivity contribution in [1.29, 1.82) is 0 Å². The fourth-order valence-corrected chi connectivity index (χ4v) is 3.94. The lowest BCUT2D eigenvalue weighted by Gasteiger charge is -2.36. The van der Waals surface area contributed by atoms with E-state index in [4.69, 9.17) is 4.74 Å². The van der Waals surface area contributed by atoms with Crippen molar-refractivity contribution in [2.24, 2.45) is 0 Å². The lowest BCUT2D eigenvalue weighted by Crippen LogP contribution is -2.49. The number of nitrogens with zero attached hydrogens (tertiary/aromatic N) is 2. The van der Waals surface area contributed by atoms with Gasteiger partial charge in [-0.3, -0.25) is 9.59 Å². The Kier molecular flexibility index (Phi) is 5.69. The van der Waals surface area contributed by atoms with Crippen molar-refractivity contribution in [1.82, 2.24) is 4.90 Å². The van der Waals surface area contributed by atoms with Crippen LogP contribution >= 0.6 is 0 Å². The van der Waals surface area contributed by atoms with Gasteiger partial charge in [0.1, 0.15) is 5.75 Å². The molecule has 1 saturated heterocycles. The number of anilines is 2. The Hall–Kier alpha value is -3.02. The molecule has 0 radical (unpaired) electrons. The van der Waals surface area contributed by atoms with E-state index >= 15 is 0 Å². The zero-order chi connectivity index (χ0) is 20.2. The predicted octanol–water partition coefficient (Wildman–Crippen LogP) is 2.86. The van der Waals surface area contributed by atoms with Gasteiger partial charge in [0.05, 0.1) is 13.0 Å². The molecule has 6 heteroatoms. The van der Waals surface area contributed by atoms with Crippen molar-refractivity contribution in [3.8, 4) is 5.75 Å². The first-order chi connectivity index (χ1) is 14.1. The summed E-state index contributed by atoms with van der Waals surface area (Å²) in [6, 6.07) is 14.0. The Morgan fingerprint density at radius 3 is 2.52 bits per heavy atom. The molecule has 0 saturated carbocycles. The molecule has 2 aliphatic rings. The topological polar surface area (TPSA) is 61.9 Å². The third-order valence-electron chi connectivity index (χ3n) is 5.57. The number of benzene rings is 2. The molecule has 0 aliphatic carbocycles. The summed E-state index contributed by atoms with van der Waals surface area (Å²) in [6.45, 7) is 5.69. The summed E-state index contributed by atoms with van der Waals surface area (Å²) >= 11 is 0. The van der Waals surface area contributed by atoms with Gasteiger partial charge in [-0.15, -0.1) is 0 Å². The van der Waals surface area contributed by atoms with E-state index in [0.29, 0.717) is 19.4 Å². The number of amides is 2. The summed E-state index contributed by atoms with van der Waals surface area (Å²) in [6.07, 6.45) is 1.75. The van der Waals surface area contributed by atoms with Crippen LogP contribution in [-0.2, 0) is 22.4 Å². The molecule has 152 valence electrons. The largest absolute Gasteiger partial charge is 0.494 e. The van der Waals surface area contributed by atoms with Gasteiger partial charge in [-0.2, -0.15) is 0 Å². The Morgan fingerprint density at radius 2 is 1.79 bits per heavy atom. The highest BCUT2D eigenvalue weighted by atomic mass is 16.5. The molecule has 29 heavy (non-hydrogen) atoms. The highest BCUT2D eigenvalue weighted by Crippen LogP contribution is 2.28. The molecule has 0 aromatic heterocycles. The first-order valence-electron chi connectivity index (χ1n) is 10.3. The minimum Gasteiger partial charge on any atom is -0.494 e. The first kappa shape index (κ1) is 19.3. The number of carbonyl (C=O) groups is 2. The van der Waals surface area contributed by atoms with Crippen molar-refractivity contribution >= 4 is 23.2 Å². The number of hydrogen-bond donors (Lipinski definition) is 1. The number of aryl methyl sites for hydroxylation is 1. The van der Waals surface area contributed by atoms with Gasteiger partial charge in [0.25, 0.3) is 0 Å². The van der Waals surface area contributed by atoms with Crippen molar-refractivity contribution in [2.45, 2.75) is 26.2 Å². The maximum absolute atomic E-state index is 12.7. The van der Waals surface area contributed by atoms with Gasteiger partial charge in [-0.25, -0.2) is 0 Å². The Bertz CT molecular complexity index is 887. The first-order valence-corrected chi connectivity index (χ1v) is 10.3. The number of nitrogens with one attached hydrogen (secondary N) is 1. The van der Waals surface area contributed by atoms with Gasteiger partial charge in [-0.1, -0.05) is 12.1 Å². The van der Waals surface area contributed by atoms with Crippen LogP contribution in [0, 0.1) is 0 Å². The van der Waals surface area contributed by atoms with E-state index in [1.165, 1.54) is 11.3 Å². The van der Waals surface area contributed by atoms with E-state index in [-0.39, 0.29) is 11.8 Å². The van der Waals surface area contributed by atoms with Gasteiger partial charge >= 0.3 is 0 Å². The van der Waals surface area contributed by atoms with Crippen LogP contribution in [0.4, 0.5) is 11.4 Å². The van der Waals surface area contributed by atoms with Crippen molar-refractivity contribution < 1.29 is 14.3 Å². The maximum atomic E-state index is 12.7. The van der Waals surface area contributed by atoms with Crippen LogP contribution in [0.15, 0.2) is 42.5 Å². The Labute approximate surface area is 171 Å². The van der Waals surface area contributed by atoms with Crippen molar-refractivity contribution in [3.63, 3.8) is 0 Å². The number of ether oxygens (including phenoxy) is 1. The van der Waals surface area contributed by atoms with Gasteiger partial charge in [0, 0.05) is 44.0 Å². The Morgan fingerprint density at radius 1 is 1.03 bits per heavy atom. The monoisotopic (exact) mass is 393 g/mol. The molecule has 6 nitrogen and oxygen atoms in total. The average Bonchev–Trinajstić information content (AvgIpc) is 2.75. The minimum atomic E-state index is 0.0879. The molecule has 0 atom stereocenters. The van der Waals surface area contributed by atoms with Crippen LogP contribution < -0.4 is 15.0 Å². The number of rotatable bonds is 5. The number of piperazine rings is 1. The third kappa shape index (κ3) is 4.53. The maximum Gasteiger partial charge on any atom is 0.227 e. The van der Waals surface area contributed by atoms with Crippen LogP contribution in [0.1, 0.15) is 24.5 Å².